The van der Waals surface area contributed by atoms with Crippen molar-refractivity contribution in [1.82, 2.24) is 10.2 Å². The fourth-order valence-corrected chi connectivity index (χ4v) is 2.35. The van der Waals surface area contributed by atoms with Gasteiger partial charge < -0.3 is 10.6 Å². The summed E-state index contributed by atoms with van der Waals surface area (Å²) >= 11 is 0. The Labute approximate surface area is 112 Å². The number of rotatable bonds is 1. The molecule has 1 aromatic rings. The number of benzene rings is 1. The van der Waals surface area contributed by atoms with Gasteiger partial charge in [0.25, 0.3) is 5.91 Å². The van der Waals surface area contributed by atoms with E-state index in [1.165, 1.54) is 12.1 Å². The van der Waals surface area contributed by atoms with Crippen LogP contribution in [-0.2, 0) is 16.1 Å². The van der Waals surface area contributed by atoms with Crippen LogP contribution in [0.15, 0.2) is 18.2 Å². The van der Waals surface area contributed by atoms with E-state index < -0.39 is 24.4 Å². The maximum atomic E-state index is 12.5. The number of nitrogens with zero attached hydrogens (tertiary/aromatic N) is 1. The highest BCUT2D eigenvalue weighted by Gasteiger charge is 2.39. The van der Waals surface area contributed by atoms with Crippen LogP contribution in [0.1, 0.15) is 31.5 Å². The van der Waals surface area contributed by atoms with Crippen LogP contribution in [0.4, 0.5) is 5.69 Å². The number of imide groups is 1. The van der Waals surface area contributed by atoms with Gasteiger partial charge in [0.15, 0.2) is 0 Å². The lowest BCUT2D eigenvalue weighted by Gasteiger charge is -2.29. The van der Waals surface area contributed by atoms with Gasteiger partial charge in [0.2, 0.25) is 11.8 Å². The number of nitrogens with two attached hydrogens (primary N) is 1. The molecule has 1 aromatic carbocycles. The van der Waals surface area contributed by atoms with E-state index in [0.717, 1.165) is 4.90 Å². The van der Waals surface area contributed by atoms with Gasteiger partial charge in [-0.1, -0.05) is 6.07 Å². The molecule has 6 heteroatoms. The number of carbonyl (C=O) groups is 3. The van der Waals surface area contributed by atoms with Gasteiger partial charge >= 0.3 is 0 Å². The molecule has 0 radical (unpaired) electrons. The summed E-state index contributed by atoms with van der Waals surface area (Å²) in [5, 5.41) is 2.17. The molecule has 0 spiro atoms. The summed E-state index contributed by atoms with van der Waals surface area (Å²) in [7, 11) is 0. The average molecular weight is 261 g/mol. The third-order valence-electron chi connectivity index (χ3n) is 3.33. The van der Waals surface area contributed by atoms with Crippen molar-refractivity contribution in [1.29, 1.82) is 0 Å². The standard InChI is InChI=1S/C13H13N3O3/c14-9-3-1-2-7-8(9)6-16(13(7)19)10-4-5-11(17)15-12(10)18/h1-3,10H,4-6,14H2,(H,15,17,18)/i2D,6D. The molecule has 2 atom stereocenters. The first-order valence-corrected chi connectivity index (χ1v) is 5.89. The Morgan fingerprint density at radius 1 is 1.47 bits per heavy atom. The molecule has 3 amide bonds. The fraction of sp³-hybridized carbons (Fsp3) is 0.308. The van der Waals surface area contributed by atoms with Gasteiger partial charge in [-0.2, -0.15) is 0 Å². The van der Waals surface area contributed by atoms with Crippen LogP contribution < -0.4 is 11.1 Å². The van der Waals surface area contributed by atoms with Crippen molar-refractivity contribution in [3.63, 3.8) is 0 Å². The number of nitrogen functional groups attached to an aromatic ring is 1. The van der Waals surface area contributed by atoms with Gasteiger partial charge in [-0.05, 0) is 18.5 Å². The second-order valence-electron chi connectivity index (χ2n) is 4.53. The van der Waals surface area contributed by atoms with Gasteiger partial charge in [0.05, 0.1) is 2.74 Å². The van der Waals surface area contributed by atoms with E-state index in [9.17, 15) is 14.4 Å². The molecule has 1 saturated heterocycles. The normalized spacial score (nSPS) is 27.8. The first-order chi connectivity index (χ1) is 9.91. The van der Waals surface area contributed by atoms with Crippen molar-refractivity contribution in [3.8, 4) is 0 Å². The number of amides is 3. The van der Waals surface area contributed by atoms with Gasteiger partial charge in [0.1, 0.15) is 6.04 Å². The second kappa shape index (κ2) is 4.08. The molecule has 3 N–H and O–H groups in total. The van der Waals surface area contributed by atoms with Crippen LogP contribution >= 0.6 is 0 Å². The highest BCUT2D eigenvalue weighted by molar-refractivity contribution is 6.06. The molecule has 2 unspecified atom stereocenters. The number of hydrogen-bond acceptors (Lipinski definition) is 4. The highest BCUT2D eigenvalue weighted by Crippen LogP contribution is 2.30. The van der Waals surface area contributed by atoms with Crippen molar-refractivity contribution in [2.24, 2.45) is 0 Å². The number of nitrogens with one attached hydrogen (secondary N) is 1. The summed E-state index contributed by atoms with van der Waals surface area (Å²) in [6, 6.07) is 1.97. The molecule has 2 heterocycles. The van der Waals surface area contributed by atoms with Crippen LogP contribution in [0.3, 0.4) is 0 Å². The van der Waals surface area contributed by atoms with Gasteiger partial charge in [0, 0.05) is 29.8 Å². The number of piperidine rings is 1. The van der Waals surface area contributed by atoms with Crippen LogP contribution in [0.2, 0.25) is 0 Å². The molecule has 0 bridgehead atoms. The quantitative estimate of drug-likeness (QED) is 0.551. The number of anilines is 1. The summed E-state index contributed by atoms with van der Waals surface area (Å²) in [5.74, 6) is -1.53. The second-order valence-corrected chi connectivity index (χ2v) is 4.53. The molecule has 2 aliphatic heterocycles. The van der Waals surface area contributed by atoms with Crippen molar-refractivity contribution in [3.05, 3.63) is 29.3 Å². The predicted molar refractivity (Wildman–Crippen MR) is 66.9 cm³/mol. The molecule has 0 saturated carbocycles. The van der Waals surface area contributed by atoms with E-state index in [1.807, 2.05) is 0 Å². The Morgan fingerprint density at radius 2 is 2.26 bits per heavy atom. The molecule has 0 aromatic heterocycles. The van der Waals surface area contributed by atoms with Crippen molar-refractivity contribution < 1.29 is 17.1 Å². The Morgan fingerprint density at radius 3 is 2.95 bits per heavy atom. The third kappa shape index (κ3) is 1.76. The smallest absolute Gasteiger partial charge is 0.255 e. The van der Waals surface area contributed by atoms with E-state index in [0.29, 0.717) is 0 Å². The predicted octanol–water partition coefficient (Wildman–Crippen LogP) is 0.0298. The molecule has 1 fully saturated rings. The zero-order valence-corrected chi connectivity index (χ0v) is 9.97. The summed E-state index contributed by atoms with van der Waals surface area (Å²) in [6.45, 7) is -1.14. The number of hydrogen-bond donors (Lipinski definition) is 2. The first kappa shape index (κ1) is 9.55. The summed E-state index contributed by atoms with van der Waals surface area (Å²) in [4.78, 5) is 36.7. The largest absolute Gasteiger partial charge is 0.398 e. The average Bonchev–Trinajstić information content (AvgIpc) is 2.68. The zero-order chi connectivity index (χ0) is 15.3. The fourth-order valence-electron chi connectivity index (χ4n) is 2.35. The summed E-state index contributed by atoms with van der Waals surface area (Å²) in [6.07, 6.45) is 0.291. The Hall–Kier alpha value is -2.37. The molecule has 0 aliphatic carbocycles. The van der Waals surface area contributed by atoms with Crippen LogP contribution in [0, 0.1) is 0 Å². The Bertz CT molecular complexity index is 677. The minimum Gasteiger partial charge on any atom is -0.398 e. The lowest BCUT2D eigenvalue weighted by Crippen LogP contribution is -2.52. The minimum atomic E-state index is -1.14. The summed E-state index contributed by atoms with van der Waals surface area (Å²) < 4.78 is 16.0. The van der Waals surface area contributed by atoms with Gasteiger partial charge in [-0.3, -0.25) is 19.7 Å². The molecule has 98 valence electrons. The molecule has 2 aliphatic rings. The lowest BCUT2D eigenvalue weighted by molar-refractivity contribution is -0.136. The van der Waals surface area contributed by atoms with E-state index in [-0.39, 0.29) is 41.6 Å². The Balaban J connectivity index is 2.02. The van der Waals surface area contributed by atoms with Gasteiger partial charge in [-0.25, -0.2) is 0 Å². The molecular weight excluding hydrogens is 246 g/mol. The number of carbonyl (C=O) groups excluding carboxylic acids is 3. The molecule has 6 nitrogen and oxygen atoms in total. The maximum absolute atomic E-state index is 12.5. The first-order valence-electron chi connectivity index (χ1n) is 6.97. The van der Waals surface area contributed by atoms with Gasteiger partial charge in [-0.15, -0.1) is 0 Å². The van der Waals surface area contributed by atoms with Crippen LogP contribution in [0.25, 0.3) is 0 Å². The van der Waals surface area contributed by atoms with Crippen molar-refractivity contribution >= 4 is 23.4 Å². The number of fused-ring (bicyclic) bond motifs is 1. The monoisotopic (exact) mass is 261 g/mol. The maximum Gasteiger partial charge on any atom is 0.255 e. The van der Waals surface area contributed by atoms with Crippen LogP contribution in [-0.4, -0.2) is 28.7 Å². The lowest BCUT2D eigenvalue weighted by atomic mass is 10.0. The van der Waals surface area contributed by atoms with E-state index in [1.54, 1.807) is 0 Å². The van der Waals surface area contributed by atoms with E-state index in [2.05, 4.69) is 5.32 Å². The van der Waals surface area contributed by atoms with Crippen molar-refractivity contribution in [2.75, 3.05) is 5.73 Å². The van der Waals surface area contributed by atoms with E-state index >= 15 is 0 Å². The molecule has 3 rings (SSSR count). The molecular formula is C13H13N3O3. The Kier molecular flexibility index (Phi) is 2.05. The molecule has 19 heavy (non-hydrogen) atoms. The van der Waals surface area contributed by atoms with Crippen molar-refractivity contribution in [2.45, 2.75) is 25.4 Å². The SMILES string of the molecule is [2H]c1ccc(N)c2c1C(=O)N(C1CCC(=O)NC1=O)C2[2H]. The van der Waals surface area contributed by atoms with E-state index in [4.69, 9.17) is 8.48 Å². The minimum absolute atomic E-state index is 0.0174. The third-order valence-corrected chi connectivity index (χ3v) is 3.33. The zero-order valence-electron chi connectivity index (χ0n) is 12.0. The topological polar surface area (TPSA) is 92.5 Å². The summed E-state index contributed by atoms with van der Waals surface area (Å²) in [5.41, 5.74) is 6.39. The highest BCUT2D eigenvalue weighted by atomic mass is 16.2. The van der Waals surface area contributed by atoms with Crippen LogP contribution in [0.5, 0.6) is 0 Å².